The van der Waals surface area contributed by atoms with Gasteiger partial charge in [-0.2, -0.15) is 4.72 Å². The Bertz CT molecular complexity index is 1220. The van der Waals surface area contributed by atoms with Crippen LogP contribution in [0, 0.1) is 6.92 Å². The highest BCUT2D eigenvalue weighted by atomic mass is 32.2. The van der Waals surface area contributed by atoms with Gasteiger partial charge in [0.15, 0.2) is 0 Å². The number of carbonyl (C=O) groups excluding carboxylic acids is 1. The summed E-state index contributed by atoms with van der Waals surface area (Å²) in [7, 11) is -3.79. The van der Waals surface area contributed by atoms with Crippen LogP contribution in [0.3, 0.4) is 0 Å². The fraction of sp³-hybridized carbons (Fsp3) is 0.238. The van der Waals surface area contributed by atoms with Crippen LogP contribution in [-0.2, 0) is 14.8 Å². The standard InChI is InChI=1S/C21H22N4O3S2/c1-14-7-8-16-12-19(29-18(16)11-14)30(27,28)24-17-9-10-25(21(17)26)13-23-20(22)15-5-3-2-4-6-15/h2-8,11-12,17,24H,9-10,13H2,1H3,(H2,22,23)/t17-/m0/s1. The fourth-order valence-corrected chi connectivity index (χ4v) is 6.08. The summed E-state index contributed by atoms with van der Waals surface area (Å²) in [5.74, 6) is 0.0492. The lowest BCUT2D eigenvalue weighted by Gasteiger charge is -2.15. The monoisotopic (exact) mass is 442 g/mol. The van der Waals surface area contributed by atoms with E-state index in [4.69, 9.17) is 5.73 Å². The number of amides is 1. The number of benzene rings is 2. The van der Waals surface area contributed by atoms with Crippen molar-refractivity contribution in [3.63, 3.8) is 0 Å². The van der Waals surface area contributed by atoms with Gasteiger partial charge in [-0.1, -0.05) is 42.5 Å². The van der Waals surface area contributed by atoms with Gasteiger partial charge in [0, 0.05) is 16.8 Å². The largest absolute Gasteiger partial charge is 0.383 e. The lowest BCUT2D eigenvalue weighted by Crippen LogP contribution is -2.41. The molecule has 1 aliphatic heterocycles. The SMILES string of the molecule is Cc1ccc2cc(S(=O)(=O)N[C@H]3CCN(CN=C(N)c4ccccc4)C3=O)sc2c1. The number of hydrogen-bond acceptors (Lipinski definition) is 5. The molecule has 1 amide bonds. The van der Waals surface area contributed by atoms with Crippen molar-refractivity contribution in [3.8, 4) is 0 Å². The first kappa shape index (κ1) is 20.5. The van der Waals surface area contributed by atoms with Crippen LogP contribution < -0.4 is 10.5 Å². The quantitative estimate of drug-likeness (QED) is 0.452. The average Bonchev–Trinajstić information content (AvgIpc) is 3.31. The molecule has 0 saturated carbocycles. The van der Waals surface area contributed by atoms with Crippen LogP contribution in [0.1, 0.15) is 17.5 Å². The van der Waals surface area contributed by atoms with Gasteiger partial charge in [-0.05, 0) is 36.4 Å². The summed E-state index contributed by atoms with van der Waals surface area (Å²) in [5.41, 5.74) is 7.83. The molecular weight excluding hydrogens is 420 g/mol. The molecular formula is C21H22N4O3S2. The Kier molecular flexibility index (Phi) is 5.59. The van der Waals surface area contributed by atoms with Crippen LogP contribution in [0.25, 0.3) is 10.1 Å². The van der Waals surface area contributed by atoms with Crippen molar-refractivity contribution < 1.29 is 13.2 Å². The molecule has 3 aromatic rings. The van der Waals surface area contributed by atoms with E-state index in [1.807, 2.05) is 55.5 Å². The number of aryl methyl sites for hydroxylation is 1. The number of fused-ring (bicyclic) bond motifs is 1. The third kappa shape index (κ3) is 4.23. The molecule has 1 aromatic heterocycles. The number of thiophene rings is 1. The Morgan fingerprint density at radius 3 is 2.77 bits per heavy atom. The minimum atomic E-state index is -3.79. The normalized spacial score (nSPS) is 17.8. The molecule has 0 radical (unpaired) electrons. The molecule has 2 heterocycles. The van der Waals surface area contributed by atoms with Crippen molar-refractivity contribution in [2.75, 3.05) is 13.2 Å². The van der Waals surface area contributed by atoms with Crippen molar-refractivity contribution >= 4 is 43.2 Å². The van der Waals surface area contributed by atoms with Crippen LogP contribution >= 0.6 is 11.3 Å². The summed E-state index contributed by atoms with van der Waals surface area (Å²) < 4.78 is 29.3. The number of hydrogen-bond donors (Lipinski definition) is 2. The molecule has 4 rings (SSSR count). The van der Waals surface area contributed by atoms with Gasteiger partial charge in [0.1, 0.15) is 22.8 Å². The minimum Gasteiger partial charge on any atom is -0.383 e. The van der Waals surface area contributed by atoms with Gasteiger partial charge >= 0.3 is 0 Å². The molecule has 30 heavy (non-hydrogen) atoms. The third-order valence-electron chi connectivity index (χ3n) is 4.99. The number of amidine groups is 1. The van der Waals surface area contributed by atoms with Gasteiger partial charge in [-0.15, -0.1) is 11.3 Å². The molecule has 0 unspecified atom stereocenters. The Morgan fingerprint density at radius 2 is 2.00 bits per heavy atom. The van der Waals surface area contributed by atoms with Crippen LogP contribution in [0.15, 0.2) is 63.8 Å². The van der Waals surface area contributed by atoms with E-state index in [1.165, 1.54) is 16.2 Å². The lowest BCUT2D eigenvalue weighted by atomic mass is 10.2. The van der Waals surface area contributed by atoms with Gasteiger partial charge in [0.05, 0.1) is 0 Å². The maximum absolute atomic E-state index is 12.8. The van der Waals surface area contributed by atoms with E-state index in [-0.39, 0.29) is 16.8 Å². The van der Waals surface area contributed by atoms with Crippen molar-refractivity contribution in [2.45, 2.75) is 23.6 Å². The maximum Gasteiger partial charge on any atom is 0.250 e. The highest BCUT2D eigenvalue weighted by Crippen LogP contribution is 2.30. The molecule has 7 nitrogen and oxygen atoms in total. The van der Waals surface area contributed by atoms with Crippen LogP contribution in [0.5, 0.6) is 0 Å². The summed E-state index contributed by atoms with van der Waals surface area (Å²) >= 11 is 1.20. The third-order valence-corrected chi connectivity index (χ3v) is 8.04. The number of sulfonamides is 1. The van der Waals surface area contributed by atoms with Gasteiger partial charge in [0.2, 0.25) is 5.91 Å². The zero-order valence-corrected chi connectivity index (χ0v) is 18.0. The van der Waals surface area contributed by atoms with Crippen molar-refractivity contribution in [1.29, 1.82) is 0 Å². The molecule has 156 valence electrons. The molecule has 9 heteroatoms. The predicted molar refractivity (Wildman–Crippen MR) is 119 cm³/mol. The van der Waals surface area contributed by atoms with E-state index in [0.717, 1.165) is 21.2 Å². The molecule has 2 aromatic carbocycles. The summed E-state index contributed by atoms with van der Waals surface area (Å²) in [6, 6.07) is 15.9. The van der Waals surface area contributed by atoms with E-state index < -0.39 is 16.1 Å². The molecule has 0 bridgehead atoms. The fourth-order valence-electron chi connectivity index (χ4n) is 3.34. The highest BCUT2D eigenvalue weighted by Gasteiger charge is 2.35. The number of aliphatic imine (C=N–C) groups is 1. The van der Waals surface area contributed by atoms with E-state index in [0.29, 0.717) is 18.8 Å². The number of nitrogens with two attached hydrogens (primary N) is 1. The number of nitrogens with one attached hydrogen (secondary N) is 1. The second-order valence-corrected chi connectivity index (χ2v) is 10.2. The summed E-state index contributed by atoms with van der Waals surface area (Å²) in [4.78, 5) is 18.5. The Balaban J connectivity index is 1.44. The van der Waals surface area contributed by atoms with Crippen molar-refractivity contribution in [3.05, 3.63) is 65.7 Å². The maximum atomic E-state index is 12.8. The minimum absolute atomic E-state index is 0.0972. The number of nitrogens with zero attached hydrogens (tertiary/aromatic N) is 2. The summed E-state index contributed by atoms with van der Waals surface area (Å²) in [6.07, 6.45) is 0.392. The zero-order valence-electron chi connectivity index (χ0n) is 16.4. The Labute approximate surface area is 179 Å². The number of carbonyl (C=O) groups is 1. The second kappa shape index (κ2) is 8.17. The molecule has 0 spiro atoms. The molecule has 0 aliphatic carbocycles. The van der Waals surface area contributed by atoms with Gasteiger partial charge in [0.25, 0.3) is 10.0 Å². The van der Waals surface area contributed by atoms with Gasteiger partial charge in [-0.25, -0.2) is 13.4 Å². The first-order valence-corrected chi connectivity index (χ1v) is 11.8. The van der Waals surface area contributed by atoms with E-state index >= 15 is 0 Å². The Morgan fingerprint density at radius 1 is 1.23 bits per heavy atom. The van der Waals surface area contributed by atoms with E-state index in [9.17, 15) is 13.2 Å². The van der Waals surface area contributed by atoms with Crippen molar-refractivity contribution in [2.24, 2.45) is 10.7 Å². The summed E-state index contributed by atoms with van der Waals surface area (Å²) in [6.45, 7) is 2.48. The first-order valence-electron chi connectivity index (χ1n) is 9.50. The number of likely N-dealkylation sites (tertiary alicyclic amines) is 1. The molecule has 1 atom stereocenters. The predicted octanol–water partition coefficient (Wildman–Crippen LogP) is 2.45. The number of rotatable bonds is 6. The zero-order chi connectivity index (χ0) is 21.3. The van der Waals surface area contributed by atoms with Gasteiger partial charge in [-0.3, -0.25) is 4.79 Å². The highest BCUT2D eigenvalue weighted by molar-refractivity contribution is 7.91. The first-order chi connectivity index (χ1) is 14.3. The van der Waals surface area contributed by atoms with Crippen LogP contribution in [0.4, 0.5) is 0 Å². The second-order valence-electron chi connectivity index (χ2n) is 7.22. The topological polar surface area (TPSA) is 105 Å². The molecule has 1 fully saturated rings. The van der Waals surface area contributed by atoms with Crippen LogP contribution in [-0.4, -0.2) is 44.3 Å². The Hall–Kier alpha value is -2.75. The smallest absolute Gasteiger partial charge is 0.250 e. The van der Waals surface area contributed by atoms with Gasteiger partial charge < -0.3 is 10.6 Å². The lowest BCUT2D eigenvalue weighted by molar-refractivity contribution is -0.128. The summed E-state index contributed by atoms with van der Waals surface area (Å²) in [5, 5.41) is 0.871. The molecule has 1 saturated heterocycles. The van der Waals surface area contributed by atoms with E-state index in [1.54, 1.807) is 6.07 Å². The van der Waals surface area contributed by atoms with Crippen molar-refractivity contribution in [1.82, 2.24) is 9.62 Å². The molecule has 1 aliphatic rings. The average molecular weight is 443 g/mol. The van der Waals surface area contributed by atoms with Crippen LogP contribution in [0.2, 0.25) is 0 Å². The van der Waals surface area contributed by atoms with E-state index in [2.05, 4.69) is 9.71 Å². The molecule has 3 N–H and O–H groups in total.